The number of benzene rings is 1. The van der Waals surface area contributed by atoms with Crippen molar-refractivity contribution in [3.05, 3.63) is 35.1 Å². The van der Waals surface area contributed by atoms with Crippen molar-refractivity contribution in [3.8, 4) is 11.5 Å². The van der Waals surface area contributed by atoms with Crippen molar-refractivity contribution in [1.82, 2.24) is 19.8 Å². The number of aromatic nitrogens is 2. The Morgan fingerprint density at radius 1 is 1.24 bits per heavy atom. The molecule has 0 amide bonds. The summed E-state index contributed by atoms with van der Waals surface area (Å²) in [6.45, 7) is 11.0. The summed E-state index contributed by atoms with van der Waals surface area (Å²) in [5, 5.41) is 4.48. The Kier molecular flexibility index (Phi) is 5.57. The van der Waals surface area contributed by atoms with E-state index in [-0.39, 0.29) is 5.56 Å². The maximum Gasteiger partial charge on any atom is 0.263 e. The smallest absolute Gasteiger partial charge is 0.263 e. The van der Waals surface area contributed by atoms with Crippen LogP contribution in [0.2, 0.25) is 0 Å². The molecule has 0 radical (unpaired) electrons. The topological polar surface area (TPSA) is 71.9 Å². The van der Waals surface area contributed by atoms with E-state index in [1.54, 1.807) is 22.8 Å². The lowest BCUT2D eigenvalue weighted by molar-refractivity contribution is 0.172. The molecule has 9 heteroatoms. The summed E-state index contributed by atoms with van der Waals surface area (Å²) in [6, 6.07) is 3.53. The number of anilines is 1. The van der Waals surface area contributed by atoms with Crippen molar-refractivity contribution in [3.63, 3.8) is 0 Å². The van der Waals surface area contributed by atoms with Gasteiger partial charge in [0.1, 0.15) is 13.2 Å². The molecule has 1 fully saturated rings. The van der Waals surface area contributed by atoms with Gasteiger partial charge in [-0.15, -0.1) is 6.58 Å². The molecule has 3 heterocycles. The third-order valence-corrected chi connectivity index (χ3v) is 5.49. The van der Waals surface area contributed by atoms with E-state index in [4.69, 9.17) is 26.7 Å². The van der Waals surface area contributed by atoms with Crippen LogP contribution in [-0.2, 0) is 6.54 Å². The summed E-state index contributed by atoms with van der Waals surface area (Å²) in [6.07, 6.45) is 1.72. The second-order valence-corrected chi connectivity index (χ2v) is 7.33. The summed E-state index contributed by atoms with van der Waals surface area (Å²) in [7, 11) is 0. The van der Waals surface area contributed by atoms with Gasteiger partial charge in [-0.25, -0.2) is 4.98 Å². The van der Waals surface area contributed by atoms with Crippen LogP contribution >= 0.6 is 12.2 Å². The van der Waals surface area contributed by atoms with Gasteiger partial charge in [0.2, 0.25) is 5.95 Å². The SMILES string of the molecule is C=CCn1c(N2CCN(C(=S)NCC)CC2)nc2cc3c(cc2c1=O)OCCO3. The zero-order valence-corrected chi connectivity index (χ0v) is 17.3. The van der Waals surface area contributed by atoms with Crippen LogP contribution in [0.4, 0.5) is 5.95 Å². The second kappa shape index (κ2) is 8.28. The van der Waals surface area contributed by atoms with Gasteiger partial charge in [-0.05, 0) is 25.2 Å². The number of fused-ring (bicyclic) bond motifs is 2. The number of rotatable bonds is 4. The Morgan fingerprint density at radius 2 is 1.93 bits per heavy atom. The summed E-state index contributed by atoms with van der Waals surface area (Å²) in [4.78, 5) is 22.3. The largest absolute Gasteiger partial charge is 0.486 e. The van der Waals surface area contributed by atoms with Crippen LogP contribution < -0.4 is 25.2 Å². The molecular weight excluding hydrogens is 390 g/mol. The van der Waals surface area contributed by atoms with E-state index >= 15 is 0 Å². The van der Waals surface area contributed by atoms with Crippen LogP contribution in [0.1, 0.15) is 6.92 Å². The van der Waals surface area contributed by atoms with Gasteiger partial charge >= 0.3 is 0 Å². The first-order valence-corrected chi connectivity index (χ1v) is 10.3. The van der Waals surface area contributed by atoms with Gasteiger partial charge in [0.05, 0.1) is 10.9 Å². The minimum absolute atomic E-state index is 0.104. The third-order valence-electron chi connectivity index (χ3n) is 5.09. The number of allylic oxidation sites excluding steroid dienone is 1. The van der Waals surface area contributed by atoms with Gasteiger partial charge in [-0.3, -0.25) is 9.36 Å². The van der Waals surface area contributed by atoms with Gasteiger partial charge < -0.3 is 24.6 Å². The van der Waals surface area contributed by atoms with E-state index in [0.29, 0.717) is 48.1 Å². The minimum atomic E-state index is -0.104. The molecule has 4 rings (SSSR count). The standard InChI is InChI=1S/C20H25N5O3S/c1-3-5-25-18(26)14-12-16-17(28-11-10-27-16)13-15(14)22-19(25)23-6-8-24(9-7-23)20(29)21-4-2/h3,12-13H,1,4-11H2,2H3,(H,21,29). The average molecular weight is 416 g/mol. The minimum Gasteiger partial charge on any atom is -0.486 e. The molecule has 0 aliphatic carbocycles. The molecule has 2 aliphatic rings. The fourth-order valence-corrected chi connectivity index (χ4v) is 3.98. The van der Waals surface area contributed by atoms with Gasteiger partial charge in [0.15, 0.2) is 16.6 Å². The van der Waals surface area contributed by atoms with Crippen LogP contribution in [-0.4, -0.2) is 65.5 Å². The molecule has 0 bridgehead atoms. The molecular formula is C20H25N5O3S. The number of nitrogens with zero attached hydrogens (tertiary/aromatic N) is 4. The molecule has 0 saturated carbocycles. The van der Waals surface area contributed by atoms with E-state index in [1.165, 1.54) is 0 Å². The van der Waals surface area contributed by atoms with Crippen LogP contribution in [0, 0.1) is 0 Å². The Hall–Kier alpha value is -2.81. The monoisotopic (exact) mass is 415 g/mol. The number of ether oxygens (including phenoxy) is 2. The molecule has 29 heavy (non-hydrogen) atoms. The molecule has 1 saturated heterocycles. The molecule has 2 aliphatic heterocycles. The molecule has 8 nitrogen and oxygen atoms in total. The zero-order valence-electron chi connectivity index (χ0n) is 16.5. The van der Waals surface area contributed by atoms with Crippen molar-refractivity contribution in [1.29, 1.82) is 0 Å². The van der Waals surface area contributed by atoms with E-state index in [9.17, 15) is 4.79 Å². The van der Waals surface area contributed by atoms with E-state index in [1.807, 2.05) is 6.92 Å². The highest BCUT2D eigenvalue weighted by molar-refractivity contribution is 7.80. The lowest BCUT2D eigenvalue weighted by Gasteiger charge is -2.37. The molecule has 0 unspecified atom stereocenters. The van der Waals surface area contributed by atoms with Gasteiger partial charge in [-0.2, -0.15) is 0 Å². The van der Waals surface area contributed by atoms with E-state index < -0.39 is 0 Å². The quantitative estimate of drug-likeness (QED) is 0.593. The van der Waals surface area contributed by atoms with Crippen molar-refractivity contribution in [2.24, 2.45) is 0 Å². The average Bonchev–Trinajstić information content (AvgIpc) is 2.75. The summed E-state index contributed by atoms with van der Waals surface area (Å²) >= 11 is 5.42. The molecule has 0 spiro atoms. The Balaban J connectivity index is 1.70. The summed E-state index contributed by atoms with van der Waals surface area (Å²) in [5.74, 6) is 1.86. The fraction of sp³-hybridized carbons (Fsp3) is 0.450. The van der Waals surface area contributed by atoms with Gasteiger partial charge in [0, 0.05) is 45.3 Å². The Labute approximate surface area is 174 Å². The first-order chi connectivity index (χ1) is 14.1. The Bertz CT molecular complexity index is 998. The highest BCUT2D eigenvalue weighted by Crippen LogP contribution is 2.33. The maximum absolute atomic E-state index is 13.2. The highest BCUT2D eigenvalue weighted by atomic mass is 32.1. The number of nitrogens with one attached hydrogen (secondary N) is 1. The molecule has 2 aromatic rings. The number of piperazine rings is 1. The van der Waals surface area contributed by atoms with Crippen molar-refractivity contribution < 1.29 is 9.47 Å². The zero-order chi connectivity index (χ0) is 20.4. The molecule has 1 aromatic heterocycles. The second-order valence-electron chi connectivity index (χ2n) is 6.94. The van der Waals surface area contributed by atoms with Crippen molar-refractivity contribution in [2.75, 3.05) is 50.8 Å². The maximum atomic E-state index is 13.2. The predicted octanol–water partition coefficient (Wildman–Crippen LogP) is 1.37. The van der Waals surface area contributed by atoms with Crippen LogP contribution in [0.15, 0.2) is 29.6 Å². The lowest BCUT2D eigenvalue weighted by Crippen LogP contribution is -2.52. The van der Waals surface area contributed by atoms with Crippen LogP contribution in [0.5, 0.6) is 11.5 Å². The van der Waals surface area contributed by atoms with Crippen molar-refractivity contribution >= 4 is 34.2 Å². The first kappa shape index (κ1) is 19.5. The summed E-state index contributed by atoms with van der Waals surface area (Å²) < 4.78 is 13.0. The van der Waals surface area contributed by atoms with E-state index in [2.05, 4.69) is 21.7 Å². The molecule has 0 atom stereocenters. The van der Waals surface area contributed by atoms with Gasteiger partial charge in [0.25, 0.3) is 5.56 Å². The number of thiocarbonyl (C=S) groups is 1. The van der Waals surface area contributed by atoms with E-state index in [0.717, 1.165) is 37.8 Å². The molecule has 154 valence electrons. The molecule has 1 aromatic carbocycles. The van der Waals surface area contributed by atoms with Crippen molar-refractivity contribution in [2.45, 2.75) is 13.5 Å². The third kappa shape index (κ3) is 3.74. The molecule has 1 N–H and O–H groups in total. The Morgan fingerprint density at radius 3 is 2.59 bits per heavy atom. The normalized spacial score (nSPS) is 16.0. The fourth-order valence-electron chi connectivity index (χ4n) is 3.65. The number of hydrogen-bond acceptors (Lipinski definition) is 6. The van der Waals surface area contributed by atoms with Gasteiger partial charge in [-0.1, -0.05) is 6.08 Å². The summed E-state index contributed by atoms with van der Waals surface area (Å²) in [5.41, 5.74) is 0.507. The number of hydrogen-bond donors (Lipinski definition) is 1. The predicted molar refractivity (Wildman–Crippen MR) is 117 cm³/mol. The highest BCUT2D eigenvalue weighted by Gasteiger charge is 2.24. The first-order valence-electron chi connectivity index (χ1n) is 9.85. The van der Waals surface area contributed by atoms with Crippen LogP contribution in [0.3, 0.4) is 0 Å². The van der Waals surface area contributed by atoms with Crippen LogP contribution in [0.25, 0.3) is 10.9 Å². The lowest BCUT2D eigenvalue weighted by atomic mass is 10.2.